The van der Waals surface area contributed by atoms with Crippen molar-refractivity contribution in [1.82, 2.24) is 19.9 Å². The summed E-state index contributed by atoms with van der Waals surface area (Å²) >= 11 is 1.50. The van der Waals surface area contributed by atoms with E-state index in [2.05, 4.69) is 25.2 Å². The summed E-state index contributed by atoms with van der Waals surface area (Å²) in [5.41, 5.74) is 8.24. The lowest BCUT2D eigenvalue weighted by Crippen LogP contribution is -2.24. The molecule has 3 aromatic rings. The van der Waals surface area contributed by atoms with Crippen LogP contribution in [0.5, 0.6) is 5.88 Å². The zero-order chi connectivity index (χ0) is 25.1. The number of nitrogens with zero attached hydrogens (tertiary/aromatic N) is 4. The summed E-state index contributed by atoms with van der Waals surface area (Å²) in [5, 5.41) is 2.71. The SMILES string of the molecule is COc1ccc2ncc(F)c(CCN3CC4CCCC4C3)c2n1.NCc1ccc2c(n1)NC(=O)CS2. The Morgan fingerprint density at radius 1 is 1.19 bits per heavy atom. The molecule has 10 heteroatoms. The number of hydrogen-bond acceptors (Lipinski definition) is 8. The summed E-state index contributed by atoms with van der Waals surface area (Å²) in [6.07, 6.45) is 6.10. The lowest BCUT2D eigenvalue weighted by molar-refractivity contribution is -0.113. The van der Waals surface area contributed by atoms with Crippen LogP contribution in [0.4, 0.5) is 10.2 Å². The van der Waals surface area contributed by atoms with Gasteiger partial charge >= 0.3 is 0 Å². The quantitative estimate of drug-likeness (QED) is 0.536. The van der Waals surface area contributed by atoms with Gasteiger partial charge in [0, 0.05) is 37.8 Å². The number of pyridine rings is 3. The molecule has 2 fully saturated rings. The number of aromatic nitrogens is 3. The first kappa shape index (κ1) is 24.9. The van der Waals surface area contributed by atoms with Crippen LogP contribution in [-0.4, -0.2) is 58.3 Å². The zero-order valence-corrected chi connectivity index (χ0v) is 21.2. The van der Waals surface area contributed by atoms with Crippen molar-refractivity contribution in [2.24, 2.45) is 17.6 Å². The Balaban J connectivity index is 0.000000174. The maximum Gasteiger partial charge on any atom is 0.235 e. The third kappa shape index (κ3) is 5.45. The van der Waals surface area contributed by atoms with Crippen molar-refractivity contribution >= 4 is 34.5 Å². The molecular formula is C26H31FN6O2S. The lowest BCUT2D eigenvalue weighted by atomic mass is 10.0. The molecule has 0 spiro atoms. The van der Waals surface area contributed by atoms with Crippen LogP contribution in [0, 0.1) is 17.7 Å². The van der Waals surface area contributed by atoms with Crippen LogP contribution in [0.1, 0.15) is 30.5 Å². The third-order valence-corrected chi connectivity index (χ3v) is 8.22. The highest BCUT2D eigenvalue weighted by molar-refractivity contribution is 8.00. The molecule has 1 amide bonds. The normalized spacial score (nSPS) is 20.9. The van der Waals surface area contributed by atoms with Crippen LogP contribution in [-0.2, 0) is 17.8 Å². The molecule has 36 heavy (non-hydrogen) atoms. The number of likely N-dealkylation sites (tertiary alicyclic amines) is 1. The zero-order valence-electron chi connectivity index (χ0n) is 20.4. The first-order valence-corrected chi connectivity index (χ1v) is 13.4. The van der Waals surface area contributed by atoms with Gasteiger partial charge in [0.2, 0.25) is 11.8 Å². The third-order valence-electron chi connectivity index (χ3n) is 7.17. The number of halogens is 1. The van der Waals surface area contributed by atoms with Crippen molar-refractivity contribution in [3.05, 3.63) is 47.5 Å². The second-order valence-corrected chi connectivity index (χ2v) is 10.5. The molecule has 0 bridgehead atoms. The number of carbonyl (C=O) groups excluding carboxylic acids is 1. The largest absolute Gasteiger partial charge is 0.481 e. The Labute approximate surface area is 214 Å². The fourth-order valence-electron chi connectivity index (χ4n) is 5.33. The van der Waals surface area contributed by atoms with Crippen molar-refractivity contribution in [1.29, 1.82) is 0 Å². The van der Waals surface area contributed by atoms with Crippen LogP contribution in [0.2, 0.25) is 0 Å². The molecule has 1 saturated carbocycles. The second kappa shape index (κ2) is 11.1. The van der Waals surface area contributed by atoms with Gasteiger partial charge in [-0.05, 0) is 49.3 Å². The van der Waals surface area contributed by atoms with Gasteiger partial charge in [0.15, 0.2) is 0 Å². The Morgan fingerprint density at radius 2 is 2.00 bits per heavy atom. The standard InChI is InChI=1S/C18H22FN3O.C8H9N3OS/c1-23-17-6-5-16-18(21-17)14(15(19)9-20-16)7-8-22-10-12-3-2-4-13(12)11-22;9-3-5-1-2-6-8(10-5)11-7(12)4-13-6/h5-6,9,12-13H,2-4,7-8,10-11H2,1H3;1-2H,3-4,9H2,(H,10,11,12). The Bertz CT molecular complexity index is 1250. The number of methoxy groups -OCH3 is 1. The summed E-state index contributed by atoms with van der Waals surface area (Å²) in [7, 11) is 1.57. The molecule has 190 valence electrons. The molecule has 0 aromatic carbocycles. The van der Waals surface area contributed by atoms with Gasteiger partial charge < -0.3 is 20.7 Å². The van der Waals surface area contributed by atoms with Gasteiger partial charge in [-0.3, -0.25) is 9.78 Å². The molecule has 3 N–H and O–H groups in total. The number of nitrogens with one attached hydrogen (secondary N) is 1. The number of carbonyl (C=O) groups is 1. The molecular weight excluding hydrogens is 479 g/mol. The van der Waals surface area contributed by atoms with Gasteiger partial charge in [0.1, 0.15) is 11.6 Å². The summed E-state index contributed by atoms with van der Waals surface area (Å²) < 4.78 is 19.5. The van der Waals surface area contributed by atoms with Crippen molar-refractivity contribution in [2.45, 2.75) is 37.1 Å². The van der Waals surface area contributed by atoms with E-state index < -0.39 is 0 Å². The summed E-state index contributed by atoms with van der Waals surface area (Å²) in [6, 6.07) is 7.42. The highest BCUT2D eigenvalue weighted by Crippen LogP contribution is 2.37. The Morgan fingerprint density at radius 3 is 2.75 bits per heavy atom. The van der Waals surface area contributed by atoms with E-state index in [1.54, 1.807) is 13.2 Å². The molecule has 0 radical (unpaired) electrons. The molecule has 1 aliphatic carbocycles. The highest BCUT2D eigenvalue weighted by atomic mass is 32.2. The van der Waals surface area contributed by atoms with E-state index in [1.807, 2.05) is 18.2 Å². The fraction of sp³-hybridized carbons (Fsp3) is 0.462. The topological polar surface area (TPSA) is 106 Å². The Kier molecular flexibility index (Phi) is 7.64. The number of rotatable bonds is 5. The first-order chi connectivity index (χ1) is 17.5. The van der Waals surface area contributed by atoms with E-state index in [9.17, 15) is 9.18 Å². The lowest BCUT2D eigenvalue weighted by Gasteiger charge is -2.17. The van der Waals surface area contributed by atoms with E-state index in [0.29, 0.717) is 41.5 Å². The summed E-state index contributed by atoms with van der Waals surface area (Å²) in [5.74, 6) is 3.08. The van der Waals surface area contributed by atoms with Crippen molar-refractivity contribution in [3.63, 3.8) is 0 Å². The van der Waals surface area contributed by atoms with E-state index in [-0.39, 0.29) is 11.7 Å². The van der Waals surface area contributed by atoms with Crippen molar-refractivity contribution in [3.8, 4) is 5.88 Å². The number of hydrogen-bond donors (Lipinski definition) is 2. The predicted molar refractivity (Wildman–Crippen MR) is 139 cm³/mol. The van der Waals surface area contributed by atoms with Crippen LogP contribution in [0.3, 0.4) is 0 Å². The average Bonchev–Trinajstić information content (AvgIpc) is 3.50. The molecule has 8 nitrogen and oxygen atoms in total. The molecule has 2 atom stereocenters. The van der Waals surface area contributed by atoms with Gasteiger partial charge in [-0.25, -0.2) is 14.4 Å². The van der Waals surface area contributed by atoms with Crippen LogP contribution in [0.15, 0.2) is 35.4 Å². The molecule has 6 rings (SSSR count). The average molecular weight is 511 g/mol. The van der Waals surface area contributed by atoms with Gasteiger partial charge in [-0.1, -0.05) is 6.42 Å². The van der Waals surface area contributed by atoms with Crippen molar-refractivity contribution in [2.75, 3.05) is 37.8 Å². The van der Waals surface area contributed by atoms with Crippen LogP contribution >= 0.6 is 11.8 Å². The van der Waals surface area contributed by atoms with E-state index in [0.717, 1.165) is 34.5 Å². The molecule has 5 heterocycles. The Hall–Kier alpha value is -2.82. The monoisotopic (exact) mass is 510 g/mol. The van der Waals surface area contributed by atoms with E-state index in [1.165, 1.54) is 50.3 Å². The molecule has 3 aliphatic rings. The number of anilines is 1. The van der Waals surface area contributed by atoms with Crippen LogP contribution in [0.25, 0.3) is 11.0 Å². The predicted octanol–water partition coefficient (Wildman–Crippen LogP) is 3.64. The maximum atomic E-state index is 14.3. The van der Waals surface area contributed by atoms with Crippen molar-refractivity contribution < 1.29 is 13.9 Å². The molecule has 2 unspecified atom stereocenters. The number of fused-ring (bicyclic) bond motifs is 3. The molecule has 1 saturated heterocycles. The summed E-state index contributed by atoms with van der Waals surface area (Å²) in [4.78, 5) is 27.3. The second-order valence-electron chi connectivity index (χ2n) is 9.46. The van der Waals surface area contributed by atoms with Crippen LogP contribution < -0.4 is 15.8 Å². The fourth-order valence-corrected chi connectivity index (χ4v) is 6.09. The molecule has 3 aromatic heterocycles. The number of nitrogens with two attached hydrogens (primary N) is 1. The smallest absolute Gasteiger partial charge is 0.235 e. The minimum atomic E-state index is -0.266. The maximum absolute atomic E-state index is 14.3. The van der Waals surface area contributed by atoms with Gasteiger partial charge in [-0.15, -0.1) is 11.8 Å². The number of thioether (sulfide) groups is 1. The van der Waals surface area contributed by atoms with Gasteiger partial charge in [0.05, 0.1) is 40.7 Å². The minimum Gasteiger partial charge on any atom is -0.481 e. The van der Waals surface area contributed by atoms with E-state index >= 15 is 0 Å². The van der Waals surface area contributed by atoms with Gasteiger partial charge in [-0.2, -0.15) is 0 Å². The molecule has 2 aliphatic heterocycles. The van der Waals surface area contributed by atoms with E-state index in [4.69, 9.17) is 10.5 Å². The number of ether oxygens (including phenoxy) is 1. The highest BCUT2D eigenvalue weighted by Gasteiger charge is 2.35. The minimum absolute atomic E-state index is 0.000767. The first-order valence-electron chi connectivity index (χ1n) is 12.4. The summed E-state index contributed by atoms with van der Waals surface area (Å²) in [6.45, 7) is 3.63. The number of amides is 1. The van der Waals surface area contributed by atoms with Gasteiger partial charge in [0.25, 0.3) is 0 Å².